The summed E-state index contributed by atoms with van der Waals surface area (Å²) < 4.78 is 0. The third-order valence-electron chi connectivity index (χ3n) is 11.8. The molecular weight excluding hydrogens is 647 g/mol. The van der Waals surface area contributed by atoms with Gasteiger partial charge in [0.25, 0.3) is 0 Å². The maximum atomic E-state index is 10.4. The minimum absolute atomic E-state index is 0.00826. The minimum Gasteiger partial charge on any atom is -0.336 e. The first kappa shape index (κ1) is 32.3. The fourth-order valence-electron chi connectivity index (χ4n) is 9.28. The van der Waals surface area contributed by atoms with E-state index < -0.39 is 0 Å². The predicted octanol–water partition coefficient (Wildman–Crippen LogP) is 10.8. The highest BCUT2D eigenvalue weighted by atomic mass is 15.2. The fourth-order valence-corrected chi connectivity index (χ4v) is 9.28. The van der Waals surface area contributed by atoms with Crippen LogP contribution in [0, 0.1) is 51.7 Å². The number of nitrogens with zero attached hydrogens (tertiary/aromatic N) is 5. The normalized spacial score (nSPS) is 24.7. The molecule has 5 heteroatoms. The number of para-hydroxylation sites is 2. The topological polar surface area (TPSA) is 77.8 Å². The molecule has 0 aromatic heterocycles. The van der Waals surface area contributed by atoms with Crippen LogP contribution in [0.3, 0.4) is 0 Å². The quantitative estimate of drug-likeness (QED) is 0.200. The van der Waals surface area contributed by atoms with Gasteiger partial charge in [-0.1, -0.05) is 110 Å². The van der Waals surface area contributed by atoms with Crippen molar-refractivity contribution in [3.63, 3.8) is 0 Å². The molecular formula is C48H37N5. The Hall–Kier alpha value is -6.61. The van der Waals surface area contributed by atoms with E-state index in [0.29, 0.717) is 11.1 Å². The number of hydrogen-bond donors (Lipinski definition) is 0. The number of nitriles is 3. The van der Waals surface area contributed by atoms with Crippen molar-refractivity contribution >= 4 is 17.1 Å². The van der Waals surface area contributed by atoms with Crippen LogP contribution in [0.2, 0.25) is 0 Å². The first-order valence-corrected chi connectivity index (χ1v) is 18.4. The third-order valence-corrected chi connectivity index (χ3v) is 11.8. The van der Waals surface area contributed by atoms with Crippen molar-refractivity contribution in [2.75, 3.05) is 9.80 Å². The van der Waals surface area contributed by atoms with E-state index in [0.717, 1.165) is 45.7 Å². The zero-order valence-corrected chi connectivity index (χ0v) is 29.7. The molecule has 2 aliphatic heterocycles. The van der Waals surface area contributed by atoms with E-state index >= 15 is 0 Å². The van der Waals surface area contributed by atoms with E-state index in [1.54, 1.807) is 0 Å². The minimum atomic E-state index is -0.159. The first-order chi connectivity index (χ1) is 26.0. The zero-order valence-electron chi connectivity index (χ0n) is 29.7. The molecule has 5 nitrogen and oxygen atoms in total. The number of rotatable bonds is 4. The van der Waals surface area contributed by atoms with Crippen LogP contribution in [0.5, 0.6) is 0 Å². The molecule has 53 heavy (non-hydrogen) atoms. The molecule has 0 amide bonds. The van der Waals surface area contributed by atoms with Crippen molar-refractivity contribution in [1.29, 1.82) is 15.8 Å². The van der Waals surface area contributed by atoms with Gasteiger partial charge < -0.3 is 9.80 Å². The lowest BCUT2D eigenvalue weighted by atomic mass is 9.73. The number of fused-ring (bicyclic) bond motifs is 5. The molecule has 0 saturated carbocycles. The van der Waals surface area contributed by atoms with Crippen molar-refractivity contribution in [3.8, 4) is 40.5 Å². The standard InChI is InChI=1S/C48H37N5/c1-30-15-19-40-39-10-4-7-13-44(39)53(46(40)21-16-30)43-12-6-3-9-38(43)37-20-17-32(27-49)25-42(37)35-23-33(28-50)24-36(26-35)52-45-14-8-5-11-41(45)48-31(2)34(29-51)18-22-47(48)52/h3-20,22-26,31,34,39,44,47-48H,21H2,1-2H3. The second-order valence-corrected chi connectivity index (χ2v) is 14.7. The van der Waals surface area contributed by atoms with Crippen molar-refractivity contribution in [2.24, 2.45) is 17.8 Å². The van der Waals surface area contributed by atoms with Crippen molar-refractivity contribution in [1.82, 2.24) is 0 Å². The number of benzene rings is 4. The van der Waals surface area contributed by atoms with Crippen molar-refractivity contribution < 1.29 is 0 Å². The highest BCUT2D eigenvalue weighted by molar-refractivity contribution is 5.93. The summed E-state index contributed by atoms with van der Waals surface area (Å²) in [7, 11) is 0. The van der Waals surface area contributed by atoms with Crippen LogP contribution in [0.15, 0.2) is 156 Å². The first-order valence-electron chi connectivity index (χ1n) is 18.4. The van der Waals surface area contributed by atoms with Gasteiger partial charge in [0.05, 0.1) is 47.3 Å². The zero-order chi connectivity index (χ0) is 36.2. The van der Waals surface area contributed by atoms with E-state index in [2.05, 4.69) is 151 Å². The Kier molecular flexibility index (Phi) is 7.84. The molecule has 9 rings (SSSR count). The van der Waals surface area contributed by atoms with Gasteiger partial charge in [0.15, 0.2) is 0 Å². The SMILES string of the molecule is CC1=CCC2=C(C=C1)C1C=CC=CC1N2c1ccccc1-c1ccc(C#N)cc1-c1cc(C#N)cc(N2c3ccccc3C3C(C)C(C#N)C=CC32)c1. The van der Waals surface area contributed by atoms with Crippen LogP contribution in [0.1, 0.15) is 42.9 Å². The second kappa shape index (κ2) is 12.9. The van der Waals surface area contributed by atoms with Crippen LogP contribution in [-0.2, 0) is 0 Å². The van der Waals surface area contributed by atoms with Gasteiger partial charge in [0, 0.05) is 46.6 Å². The molecule has 0 spiro atoms. The molecule has 5 aliphatic rings. The number of anilines is 3. The molecule has 4 aromatic carbocycles. The lowest BCUT2D eigenvalue weighted by Crippen LogP contribution is -2.35. The van der Waals surface area contributed by atoms with E-state index in [1.807, 2.05) is 30.3 Å². The highest BCUT2D eigenvalue weighted by Gasteiger charge is 2.45. The largest absolute Gasteiger partial charge is 0.336 e. The predicted molar refractivity (Wildman–Crippen MR) is 212 cm³/mol. The van der Waals surface area contributed by atoms with Gasteiger partial charge in [-0.2, -0.15) is 15.8 Å². The van der Waals surface area contributed by atoms with Crippen molar-refractivity contribution in [3.05, 3.63) is 173 Å². The summed E-state index contributed by atoms with van der Waals surface area (Å²) in [4.78, 5) is 4.85. The Morgan fingerprint density at radius 3 is 2.30 bits per heavy atom. The summed E-state index contributed by atoms with van der Waals surface area (Å²) in [6, 6.07) is 36.5. The van der Waals surface area contributed by atoms with E-state index in [4.69, 9.17) is 0 Å². The number of allylic oxidation sites excluding steroid dienone is 7. The highest BCUT2D eigenvalue weighted by Crippen LogP contribution is 2.53. The molecule has 2 heterocycles. The molecule has 0 fully saturated rings. The van der Waals surface area contributed by atoms with E-state index in [1.165, 1.54) is 22.4 Å². The Morgan fingerprint density at radius 1 is 0.679 bits per heavy atom. The molecule has 3 aliphatic carbocycles. The fraction of sp³-hybridized carbons (Fsp3) is 0.188. The Bertz CT molecular complexity index is 2510. The summed E-state index contributed by atoms with van der Waals surface area (Å²) >= 11 is 0. The van der Waals surface area contributed by atoms with Crippen LogP contribution < -0.4 is 9.80 Å². The molecule has 0 bridgehead atoms. The molecule has 254 valence electrons. The second-order valence-electron chi connectivity index (χ2n) is 14.7. The Morgan fingerprint density at radius 2 is 1.47 bits per heavy atom. The maximum absolute atomic E-state index is 10.4. The van der Waals surface area contributed by atoms with Gasteiger partial charge in [-0.05, 0) is 83.1 Å². The van der Waals surface area contributed by atoms with Gasteiger partial charge in [-0.15, -0.1) is 0 Å². The average molecular weight is 684 g/mol. The molecule has 4 aromatic rings. The molecule has 6 unspecified atom stereocenters. The van der Waals surface area contributed by atoms with Crippen LogP contribution in [0.4, 0.5) is 17.1 Å². The van der Waals surface area contributed by atoms with Crippen LogP contribution in [0.25, 0.3) is 22.3 Å². The molecule has 0 saturated heterocycles. The smallest absolute Gasteiger partial charge is 0.0992 e. The lowest BCUT2D eigenvalue weighted by Gasteiger charge is -2.35. The summed E-state index contributed by atoms with van der Waals surface area (Å²) in [6.07, 6.45) is 20.8. The van der Waals surface area contributed by atoms with Crippen molar-refractivity contribution in [2.45, 2.75) is 38.3 Å². The molecule has 0 radical (unpaired) electrons. The van der Waals surface area contributed by atoms with Gasteiger partial charge in [-0.3, -0.25) is 0 Å². The van der Waals surface area contributed by atoms with Gasteiger partial charge in [-0.25, -0.2) is 0 Å². The van der Waals surface area contributed by atoms with E-state index in [9.17, 15) is 15.8 Å². The Labute approximate surface area is 311 Å². The third kappa shape index (κ3) is 5.18. The van der Waals surface area contributed by atoms with Gasteiger partial charge >= 0.3 is 0 Å². The average Bonchev–Trinajstić information content (AvgIpc) is 3.64. The Balaban J connectivity index is 1.21. The lowest BCUT2D eigenvalue weighted by molar-refractivity contribution is 0.376. The number of hydrogen-bond acceptors (Lipinski definition) is 5. The summed E-state index contributed by atoms with van der Waals surface area (Å²) in [5.74, 6) is 0.368. The summed E-state index contributed by atoms with van der Waals surface area (Å²) in [5, 5.41) is 30.5. The van der Waals surface area contributed by atoms with E-state index in [-0.39, 0.29) is 35.8 Å². The molecule has 0 N–H and O–H groups in total. The summed E-state index contributed by atoms with van der Waals surface area (Å²) in [5.41, 5.74) is 13.2. The van der Waals surface area contributed by atoms with Gasteiger partial charge in [0.2, 0.25) is 0 Å². The van der Waals surface area contributed by atoms with Gasteiger partial charge in [0.1, 0.15) is 0 Å². The molecule has 6 atom stereocenters. The maximum Gasteiger partial charge on any atom is 0.0992 e. The monoisotopic (exact) mass is 683 g/mol. The summed E-state index contributed by atoms with van der Waals surface area (Å²) in [6.45, 7) is 4.33. The van der Waals surface area contributed by atoms with Crippen LogP contribution >= 0.6 is 0 Å². The van der Waals surface area contributed by atoms with Crippen LogP contribution in [-0.4, -0.2) is 12.1 Å².